The molecule has 0 spiro atoms. The average molecular weight is 372 g/mol. The van der Waals surface area contributed by atoms with Crippen molar-refractivity contribution >= 4 is 21.5 Å². The molecule has 0 aliphatic carbocycles. The molecule has 4 aromatic carbocycles. The first-order valence-electron chi connectivity index (χ1n) is 9.52. The van der Waals surface area contributed by atoms with Crippen LogP contribution in [0.3, 0.4) is 0 Å². The van der Waals surface area contributed by atoms with Crippen LogP contribution in [0.2, 0.25) is 0 Å². The number of hydrogen-bond acceptors (Lipinski definition) is 3. The summed E-state index contributed by atoms with van der Waals surface area (Å²) in [5.74, 6) is 1.55. The summed E-state index contributed by atoms with van der Waals surface area (Å²) >= 11 is 0. The number of rotatable bonds is 6. The molecule has 0 amide bonds. The van der Waals surface area contributed by atoms with Gasteiger partial charge in [0.15, 0.2) is 0 Å². The minimum Gasteiger partial charge on any atom is -0.491 e. The Balaban J connectivity index is 1.60. The van der Waals surface area contributed by atoms with Crippen LogP contribution in [0.1, 0.15) is 11.1 Å². The van der Waals surface area contributed by atoms with Crippen LogP contribution in [0, 0.1) is 13.8 Å². The summed E-state index contributed by atoms with van der Waals surface area (Å²) in [4.78, 5) is 0. The van der Waals surface area contributed by atoms with Gasteiger partial charge in [-0.2, -0.15) is 0 Å². The second kappa shape index (κ2) is 7.91. The lowest BCUT2D eigenvalue weighted by Gasteiger charge is -2.17. The molecule has 0 fully saturated rings. The Bertz CT molecular complexity index is 1100. The van der Waals surface area contributed by atoms with Gasteiger partial charge in [0.2, 0.25) is 0 Å². The van der Waals surface area contributed by atoms with Crippen molar-refractivity contribution in [2.75, 3.05) is 13.2 Å². The van der Waals surface area contributed by atoms with Crippen LogP contribution >= 0.6 is 0 Å². The molecule has 0 aliphatic rings. The second-order valence-electron chi connectivity index (χ2n) is 7.24. The van der Waals surface area contributed by atoms with Crippen molar-refractivity contribution in [2.24, 2.45) is 0 Å². The molecule has 3 heteroatoms. The maximum Gasteiger partial charge on any atom is 0.135 e. The summed E-state index contributed by atoms with van der Waals surface area (Å²) in [6, 6.07) is 24.4. The summed E-state index contributed by atoms with van der Waals surface area (Å²) in [5.41, 5.74) is 2.39. The van der Waals surface area contributed by atoms with E-state index in [1.807, 2.05) is 30.3 Å². The van der Waals surface area contributed by atoms with Gasteiger partial charge in [-0.05, 0) is 48.9 Å². The van der Waals surface area contributed by atoms with Crippen LogP contribution in [-0.4, -0.2) is 24.4 Å². The molecule has 0 saturated carbocycles. The lowest BCUT2D eigenvalue weighted by molar-refractivity contribution is 0.0637. The maximum atomic E-state index is 10.4. The van der Waals surface area contributed by atoms with Gasteiger partial charge >= 0.3 is 0 Å². The summed E-state index contributed by atoms with van der Waals surface area (Å²) < 4.78 is 11.8. The Hall–Kier alpha value is -3.04. The van der Waals surface area contributed by atoms with E-state index in [4.69, 9.17) is 9.47 Å². The van der Waals surface area contributed by atoms with Crippen molar-refractivity contribution in [3.05, 3.63) is 83.9 Å². The highest BCUT2D eigenvalue weighted by molar-refractivity contribution is 6.05. The molecule has 1 atom stereocenters. The van der Waals surface area contributed by atoms with E-state index in [2.05, 4.69) is 56.3 Å². The molecule has 0 aliphatic heterocycles. The Kier molecular flexibility index (Phi) is 5.18. The first-order valence-corrected chi connectivity index (χ1v) is 9.52. The predicted octanol–water partition coefficient (Wildman–Crippen LogP) is 5.43. The van der Waals surface area contributed by atoms with Gasteiger partial charge in [-0.3, -0.25) is 0 Å². The normalized spacial score (nSPS) is 12.2. The van der Waals surface area contributed by atoms with Crippen molar-refractivity contribution in [2.45, 2.75) is 20.0 Å². The topological polar surface area (TPSA) is 38.7 Å². The number of hydrogen-bond donors (Lipinski definition) is 1. The largest absolute Gasteiger partial charge is 0.491 e. The van der Waals surface area contributed by atoms with E-state index in [1.54, 1.807) is 0 Å². The van der Waals surface area contributed by atoms with Gasteiger partial charge in [0.05, 0.1) is 0 Å². The van der Waals surface area contributed by atoms with Crippen LogP contribution < -0.4 is 9.47 Å². The standard InChI is InChI=1S/C25H24O3/c1-17-9-11-23-20(12-17)14-19-10-8-18(2)13-24(19)25(23)28-16-21(26)15-27-22-6-4-3-5-7-22/h3-14,21,26H,15-16H2,1-2H3. The average Bonchev–Trinajstić information content (AvgIpc) is 2.70. The van der Waals surface area contributed by atoms with Crippen LogP contribution in [0.5, 0.6) is 11.5 Å². The first-order chi connectivity index (χ1) is 13.6. The van der Waals surface area contributed by atoms with Crippen LogP contribution in [0.4, 0.5) is 0 Å². The van der Waals surface area contributed by atoms with Crippen molar-refractivity contribution in [3.63, 3.8) is 0 Å². The molecule has 142 valence electrons. The summed E-state index contributed by atoms with van der Waals surface area (Å²) in [6.07, 6.45) is -0.722. The molecule has 28 heavy (non-hydrogen) atoms. The Morgan fingerprint density at radius 3 is 2.25 bits per heavy atom. The third-order valence-electron chi connectivity index (χ3n) is 4.82. The second-order valence-corrected chi connectivity index (χ2v) is 7.24. The van der Waals surface area contributed by atoms with E-state index in [0.717, 1.165) is 33.0 Å². The molecule has 3 nitrogen and oxygen atoms in total. The molecule has 0 saturated heterocycles. The maximum absolute atomic E-state index is 10.4. The van der Waals surface area contributed by atoms with Gasteiger partial charge in [0.25, 0.3) is 0 Å². The van der Waals surface area contributed by atoms with E-state index in [-0.39, 0.29) is 13.2 Å². The van der Waals surface area contributed by atoms with Crippen molar-refractivity contribution in [1.29, 1.82) is 0 Å². The Labute approximate surface area is 165 Å². The van der Waals surface area contributed by atoms with E-state index >= 15 is 0 Å². The third-order valence-corrected chi connectivity index (χ3v) is 4.82. The zero-order valence-corrected chi connectivity index (χ0v) is 16.2. The number of aliphatic hydroxyl groups is 1. The number of fused-ring (bicyclic) bond motifs is 2. The minimum absolute atomic E-state index is 0.170. The molecule has 4 rings (SSSR count). The first kappa shape index (κ1) is 18.3. The van der Waals surface area contributed by atoms with E-state index in [9.17, 15) is 5.11 Å². The van der Waals surface area contributed by atoms with Gasteiger partial charge in [0.1, 0.15) is 30.8 Å². The SMILES string of the molecule is Cc1ccc2c(OCC(O)COc3ccccc3)c3cc(C)ccc3cc2c1. The molecule has 1 unspecified atom stereocenters. The third kappa shape index (κ3) is 3.95. The zero-order valence-electron chi connectivity index (χ0n) is 16.2. The quantitative estimate of drug-likeness (QED) is 0.459. The molecule has 0 bridgehead atoms. The lowest BCUT2D eigenvalue weighted by atomic mass is 9.99. The summed E-state index contributed by atoms with van der Waals surface area (Å²) in [7, 11) is 0. The minimum atomic E-state index is -0.722. The van der Waals surface area contributed by atoms with Gasteiger partial charge in [-0.25, -0.2) is 0 Å². The monoisotopic (exact) mass is 372 g/mol. The van der Waals surface area contributed by atoms with Gasteiger partial charge in [-0.1, -0.05) is 59.7 Å². The molecular weight excluding hydrogens is 348 g/mol. The number of aliphatic hydroxyl groups excluding tert-OH is 1. The molecule has 4 aromatic rings. The highest BCUT2D eigenvalue weighted by atomic mass is 16.5. The highest BCUT2D eigenvalue weighted by Gasteiger charge is 2.13. The molecule has 0 heterocycles. The number of benzene rings is 4. The van der Waals surface area contributed by atoms with Crippen LogP contribution in [-0.2, 0) is 0 Å². The smallest absolute Gasteiger partial charge is 0.135 e. The Morgan fingerprint density at radius 1 is 0.714 bits per heavy atom. The number of ether oxygens (including phenoxy) is 2. The fourth-order valence-electron chi connectivity index (χ4n) is 3.41. The van der Waals surface area contributed by atoms with Gasteiger partial charge in [0, 0.05) is 10.8 Å². The number of aryl methyl sites for hydroxylation is 2. The zero-order chi connectivity index (χ0) is 19.5. The Morgan fingerprint density at radius 2 is 1.43 bits per heavy atom. The highest BCUT2D eigenvalue weighted by Crippen LogP contribution is 2.36. The lowest BCUT2D eigenvalue weighted by Crippen LogP contribution is -2.25. The van der Waals surface area contributed by atoms with Crippen LogP contribution in [0.25, 0.3) is 21.5 Å². The summed E-state index contributed by atoms with van der Waals surface area (Å²) in [5, 5.41) is 14.8. The van der Waals surface area contributed by atoms with E-state index in [1.165, 1.54) is 11.1 Å². The summed E-state index contributed by atoms with van der Waals surface area (Å²) in [6.45, 7) is 4.52. The van der Waals surface area contributed by atoms with Crippen molar-refractivity contribution in [1.82, 2.24) is 0 Å². The molecule has 1 N–H and O–H groups in total. The van der Waals surface area contributed by atoms with Crippen molar-refractivity contribution < 1.29 is 14.6 Å². The fourth-order valence-corrected chi connectivity index (χ4v) is 3.41. The van der Waals surface area contributed by atoms with Crippen molar-refractivity contribution in [3.8, 4) is 11.5 Å². The molecule has 0 aromatic heterocycles. The fraction of sp³-hybridized carbons (Fsp3) is 0.200. The van der Waals surface area contributed by atoms with E-state index in [0.29, 0.717) is 0 Å². The van der Waals surface area contributed by atoms with Gasteiger partial charge in [-0.15, -0.1) is 0 Å². The molecule has 0 radical (unpaired) electrons. The van der Waals surface area contributed by atoms with E-state index < -0.39 is 6.10 Å². The van der Waals surface area contributed by atoms with Gasteiger partial charge < -0.3 is 14.6 Å². The number of para-hydroxylation sites is 1. The van der Waals surface area contributed by atoms with Crippen LogP contribution in [0.15, 0.2) is 72.8 Å². The predicted molar refractivity (Wildman–Crippen MR) is 114 cm³/mol. The molecular formula is C25H24O3.